The van der Waals surface area contributed by atoms with Crippen molar-refractivity contribution in [3.8, 4) is 0 Å². The molecule has 1 heterocycles. The van der Waals surface area contributed by atoms with Crippen LogP contribution in [0.5, 0.6) is 0 Å². The van der Waals surface area contributed by atoms with Gasteiger partial charge in [-0.2, -0.15) is 0 Å². The van der Waals surface area contributed by atoms with E-state index in [0.717, 1.165) is 0 Å². The van der Waals surface area contributed by atoms with Gasteiger partial charge in [0.25, 0.3) is 0 Å². The minimum absolute atomic E-state index is 0.195. The molecule has 1 amide bonds. The summed E-state index contributed by atoms with van der Waals surface area (Å²) in [4.78, 5) is 29.2. The number of carboxylic acid groups (broad SMARTS) is 1. The summed E-state index contributed by atoms with van der Waals surface area (Å²) < 4.78 is 0. The quantitative estimate of drug-likeness (QED) is 0.658. The molecule has 0 unspecified atom stereocenters. The first-order valence-electron chi connectivity index (χ1n) is 5.69. The van der Waals surface area contributed by atoms with E-state index in [9.17, 15) is 9.59 Å². The van der Waals surface area contributed by atoms with Crippen molar-refractivity contribution in [2.24, 2.45) is 5.92 Å². The average molecular weight is 251 g/mol. The second-order valence-corrected chi connectivity index (χ2v) is 4.34. The predicted octanol–water partition coefficient (Wildman–Crippen LogP) is 1.04. The van der Waals surface area contributed by atoms with E-state index in [-0.39, 0.29) is 5.92 Å². The Morgan fingerprint density at radius 3 is 2.78 bits per heavy atom. The Morgan fingerprint density at radius 2 is 2.28 bits per heavy atom. The molecule has 18 heavy (non-hydrogen) atoms. The highest BCUT2D eigenvalue weighted by atomic mass is 16.4. The summed E-state index contributed by atoms with van der Waals surface area (Å²) in [7, 11) is 0. The van der Waals surface area contributed by atoms with Crippen LogP contribution >= 0.6 is 0 Å². The third-order valence-electron chi connectivity index (χ3n) is 2.23. The summed E-state index contributed by atoms with van der Waals surface area (Å²) in [6, 6.07) is -0.862. The summed E-state index contributed by atoms with van der Waals surface area (Å²) >= 11 is 0. The zero-order valence-corrected chi connectivity index (χ0v) is 10.4. The van der Waals surface area contributed by atoms with Gasteiger partial charge in [-0.3, -0.25) is 4.79 Å². The van der Waals surface area contributed by atoms with Crippen LogP contribution in [-0.4, -0.2) is 33.0 Å². The minimum atomic E-state index is -1.02. The number of carbonyl (C=O) groups is 2. The monoisotopic (exact) mass is 251 g/mol. The lowest BCUT2D eigenvalue weighted by molar-refractivity contribution is -0.141. The van der Waals surface area contributed by atoms with Crippen molar-refractivity contribution in [1.82, 2.24) is 15.3 Å². The highest BCUT2D eigenvalue weighted by molar-refractivity contribution is 5.93. The highest BCUT2D eigenvalue weighted by Gasteiger charge is 2.19. The molecule has 6 nitrogen and oxygen atoms in total. The largest absolute Gasteiger partial charge is 0.480 e. The Balaban J connectivity index is 2.53. The summed E-state index contributed by atoms with van der Waals surface area (Å²) in [5, 5.41) is 11.4. The molecule has 1 aromatic heterocycles. The second kappa shape index (κ2) is 6.58. The first kappa shape index (κ1) is 14.0. The average Bonchev–Trinajstić information content (AvgIpc) is 2.77. The first-order valence-corrected chi connectivity index (χ1v) is 5.69. The van der Waals surface area contributed by atoms with Crippen LogP contribution in [0.4, 0.5) is 0 Å². The smallest absolute Gasteiger partial charge is 0.326 e. The normalized spacial score (nSPS) is 12.8. The number of hydrogen-bond donors (Lipinski definition) is 3. The number of nitrogens with zero attached hydrogens (tertiary/aromatic N) is 1. The lowest BCUT2D eigenvalue weighted by Crippen LogP contribution is -2.40. The molecule has 0 aliphatic carbocycles. The maximum atomic E-state index is 11.5. The van der Waals surface area contributed by atoms with Crippen molar-refractivity contribution in [1.29, 1.82) is 0 Å². The van der Waals surface area contributed by atoms with E-state index < -0.39 is 17.9 Å². The molecule has 0 bridgehead atoms. The third-order valence-corrected chi connectivity index (χ3v) is 2.23. The minimum Gasteiger partial charge on any atom is -0.480 e. The van der Waals surface area contributed by atoms with Crippen LogP contribution in [0.15, 0.2) is 18.5 Å². The zero-order chi connectivity index (χ0) is 13.5. The van der Waals surface area contributed by atoms with Gasteiger partial charge < -0.3 is 15.4 Å². The molecule has 1 atom stereocenters. The number of nitrogens with one attached hydrogen (secondary N) is 2. The molecule has 1 aromatic rings. The van der Waals surface area contributed by atoms with E-state index in [2.05, 4.69) is 15.3 Å². The van der Waals surface area contributed by atoms with Gasteiger partial charge in [-0.15, -0.1) is 0 Å². The van der Waals surface area contributed by atoms with Crippen molar-refractivity contribution in [3.05, 3.63) is 24.3 Å². The fourth-order valence-electron chi connectivity index (χ4n) is 1.44. The number of imidazole rings is 1. The van der Waals surface area contributed by atoms with Crippen LogP contribution < -0.4 is 5.32 Å². The standard InChI is InChI=1S/C12H17N3O3/c1-8(2)7-9(12(17)18)15-11(16)4-3-10-13-5-6-14-10/h3-6,8-9H,7H2,1-2H3,(H,13,14)(H,15,16)(H,17,18)/b4-3+/t9-/m0/s1. The molecule has 6 heteroatoms. The van der Waals surface area contributed by atoms with E-state index in [4.69, 9.17) is 5.11 Å². The fourth-order valence-corrected chi connectivity index (χ4v) is 1.44. The molecule has 1 rings (SSSR count). The molecular weight excluding hydrogens is 234 g/mol. The Labute approximate surface area is 105 Å². The number of H-pyrrole nitrogens is 1. The van der Waals surface area contributed by atoms with Gasteiger partial charge in [0.05, 0.1) is 0 Å². The van der Waals surface area contributed by atoms with E-state index in [1.807, 2.05) is 13.8 Å². The van der Waals surface area contributed by atoms with Crippen molar-refractivity contribution in [3.63, 3.8) is 0 Å². The van der Waals surface area contributed by atoms with Crippen LogP contribution in [0.3, 0.4) is 0 Å². The maximum absolute atomic E-state index is 11.5. The van der Waals surface area contributed by atoms with E-state index in [1.54, 1.807) is 12.4 Å². The Hall–Kier alpha value is -2.11. The predicted molar refractivity (Wildman–Crippen MR) is 66.6 cm³/mol. The molecule has 98 valence electrons. The van der Waals surface area contributed by atoms with Crippen molar-refractivity contribution < 1.29 is 14.7 Å². The van der Waals surface area contributed by atoms with Gasteiger partial charge in [-0.1, -0.05) is 13.8 Å². The van der Waals surface area contributed by atoms with Gasteiger partial charge in [0, 0.05) is 18.5 Å². The molecule has 0 aliphatic heterocycles. The zero-order valence-electron chi connectivity index (χ0n) is 10.4. The number of carbonyl (C=O) groups excluding carboxylic acids is 1. The Bertz CT molecular complexity index is 424. The number of amides is 1. The number of carboxylic acids is 1. The van der Waals surface area contributed by atoms with Crippen LogP contribution in [0, 0.1) is 5.92 Å². The summed E-state index contributed by atoms with van der Waals surface area (Å²) in [5.41, 5.74) is 0. The van der Waals surface area contributed by atoms with Gasteiger partial charge in [0.2, 0.25) is 5.91 Å². The first-order chi connectivity index (χ1) is 8.49. The summed E-state index contributed by atoms with van der Waals surface area (Å²) in [6.45, 7) is 3.81. The van der Waals surface area contributed by atoms with Crippen molar-refractivity contribution in [2.45, 2.75) is 26.3 Å². The van der Waals surface area contributed by atoms with Crippen molar-refractivity contribution >= 4 is 18.0 Å². The summed E-state index contributed by atoms with van der Waals surface area (Å²) in [5.74, 6) is -0.732. The van der Waals surface area contributed by atoms with E-state index in [0.29, 0.717) is 12.2 Å². The second-order valence-electron chi connectivity index (χ2n) is 4.34. The van der Waals surface area contributed by atoms with E-state index >= 15 is 0 Å². The van der Waals surface area contributed by atoms with Crippen LogP contribution in [0.25, 0.3) is 6.08 Å². The van der Waals surface area contributed by atoms with Gasteiger partial charge in [0.15, 0.2) is 0 Å². The SMILES string of the molecule is CC(C)C[C@H](NC(=O)/C=C/c1ncc[nH]1)C(=O)O. The molecule has 0 spiro atoms. The molecule has 0 radical (unpaired) electrons. The number of aromatic nitrogens is 2. The number of hydrogen-bond acceptors (Lipinski definition) is 3. The Kier molecular flexibility index (Phi) is 5.10. The summed E-state index contributed by atoms with van der Waals surface area (Å²) in [6.07, 6.45) is 6.35. The maximum Gasteiger partial charge on any atom is 0.326 e. The van der Waals surface area contributed by atoms with Crippen LogP contribution in [0.1, 0.15) is 26.1 Å². The number of rotatable bonds is 6. The number of aromatic amines is 1. The third kappa shape index (κ3) is 4.82. The lowest BCUT2D eigenvalue weighted by atomic mass is 10.0. The highest BCUT2D eigenvalue weighted by Crippen LogP contribution is 2.05. The molecule has 0 aromatic carbocycles. The molecule has 0 aliphatic rings. The molecule has 0 saturated carbocycles. The lowest BCUT2D eigenvalue weighted by Gasteiger charge is -2.15. The van der Waals surface area contributed by atoms with Gasteiger partial charge in [-0.05, 0) is 18.4 Å². The fraction of sp³-hybridized carbons (Fsp3) is 0.417. The van der Waals surface area contributed by atoms with Crippen LogP contribution in [0.2, 0.25) is 0 Å². The van der Waals surface area contributed by atoms with Gasteiger partial charge in [0.1, 0.15) is 11.9 Å². The molecule has 3 N–H and O–H groups in total. The molecular formula is C12H17N3O3. The Morgan fingerprint density at radius 1 is 1.56 bits per heavy atom. The van der Waals surface area contributed by atoms with Crippen molar-refractivity contribution in [2.75, 3.05) is 0 Å². The van der Waals surface area contributed by atoms with Crippen LogP contribution in [-0.2, 0) is 9.59 Å². The van der Waals surface area contributed by atoms with E-state index in [1.165, 1.54) is 12.2 Å². The van der Waals surface area contributed by atoms with Gasteiger partial charge in [-0.25, -0.2) is 9.78 Å². The molecule has 0 saturated heterocycles. The topological polar surface area (TPSA) is 95.1 Å². The molecule has 0 fully saturated rings. The van der Waals surface area contributed by atoms with Gasteiger partial charge >= 0.3 is 5.97 Å². The number of aliphatic carboxylic acids is 1.